The van der Waals surface area contributed by atoms with E-state index in [4.69, 9.17) is 16.4 Å². The van der Waals surface area contributed by atoms with Gasteiger partial charge in [0.2, 0.25) is 0 Å². The van der Waals surface area contributed by atoms with Crippen LogP contribution in [0.3, 0.4) is 0 Å². The minimum absolute atomic E-state index is 0.0537. The second kappa shape index (κ2) is 10.1. The molecule has 4 rings (SSSR count). The first-order chi connectivity index (χ1) is 16.3. The summed E-state index contributed by atoms with van der Waals surface area (Å²) in [4.78, 5) is 60.3. The largest absolute Gasteiger partial charge is 0.434 e. The molecule has 1 aromatic carbocycles. The van der Waals surface area contributed by atoms with Gasteiger partial charge in [0, 0.05) is 39.3 Å². The molecule has 0 saturated carbocycles. The number of likely N-dealkylation sites (tertiary alicyclic amines) is 1. The minimum atomic E-state index is -0.757. The van der Waals surface area contributed by atoms with Crippen molar-refractivity contribution in [3.8, 4) is 0 Å². The van der Waals surface area contributed by atoms with Crippen molar-refractivity contribution in [1.82, 2.24) is 20.2 Å². The monoisotopic (exact) mass is 491 g/mol. The maximum absolute atomic E-state index is 13.0. The van der Waals surface area contributed by atoms with Gasteiger partial charge in [-0.15, -0.1) is 0 Å². The molecule has 10 nitrogen and oxygen atoms in total. The molecule has 0 bridgehead atoms. The maximum atomic E-state index is 13.0. The molecule has 3 aliphatic rings. The van der Waals surface area contributed by atoms with Crippen molar-refractivity contribution in [2.75, 3.05) is 44.2 Å². The number of imide groups is 1. The number of benzene rings is 1. The van der Waals surface area contributed by atoms with Gasteiger partial charge in [-0.1, -0.05) is 36.6 Å². The first-order valence-electron chi connectivity index (χ1n) is 11.7. The van der Waals surface area contributed by atoms with E-state index in [1.165, 1.54) is 4.90 Å². The Morgan fingerprint density at radius 1 is 1.00 bits per heavy atom. The van der Waals surface area contributed by atoms with Gasteiger partial charge in [0.05, 0.1) is 16.3 Å². The summed E-state index contributed by atoms with van der Waals surface area (Å²) >= 11 is 6.66. The summed E-state index contributed by atoms with van der Waals surface area (Å²) in [7, 11) is 0. The first-order valence-corrected chi connectivity index (χ1v) is 12.1. The number of halogens is 1. The van der Waals surface area contributed by atoms with Gasteiger partial charge in [0.1, 0.15) is 6.04 Å². The number of carbonyl (C=O) groups is 4. The van der Waals surface area contributed by atoms with Crippen molar-refractivity contribution in [2.45, 2.75) is 39.2 Å². The summed E-state index contributed by atoms with van der Waals surface area (Å²) in [5.74, 6) is -0.748. The standard InChI is InChI=1S/C23H30ClN5O5/c1-15(2)19-21(31)29(22(32)25-19)34-23(33)28-13-11-26(12-14-28)17-8-6-7-16(18(17)24)20(30)27-9-4-3-5-10-27/h6-8,15,19H,3-5,9-14H2,1-2H3,(H,25,32)/t19-/m1/s1. The summed E-state index contributed by atoms with van der Waals surface area (Å²) < 4.78 is 0. The third kappa shape index (κ3) is 4.77. The van der Waals surface area contributed by atoms with E-state index in [1.54, 1.807) is 19.9 Å². The summed E-state index contributed by atoms with van der Waals surface area (Å²) in [6, 6.07) is 3.99. The van der Waals surface area contributed by atoms with Crippen LogP contribution in [0.15, 0.2) is 18.2 Å². The van der Waals surface area contributed by atoms with Crippen LogP contribution in [0, 0.1) is 5.92 Å². The fourth-order valence-corrected chi connectivity index (χ4v) is 4.81. The predicted molar refractivity (Wildman–Crippen MR) is 125 cm³/mol. The lowest BCUT2D eigenvalue weighted by molar-refractivity contribution is -0.152. The molecule has 3 heterocycles. The molecule has 0 aliphatic carbocycles. The second-order valence-electron chi connectivity index (χ2n) is 9.13. The Labute approximate surface area is 203 Å². The van der Waals surface area contributed by atoms with Gasteiger partial charge in [0.15, 0.2) is 0 Å². The highest BCUT2D eigenvalue weighted by molar-refractivity contribution is 6.36. The quantitative estimate of drug-likeness (QED) is 0.650. The molecule has 3 aliphatic heterocycles. The van der Waals surface area contributed by atoms with Gasteiger partial charge in [0.25, 0.3) is 11.8 Å². The Balaban J connectivity index is 1.36. The van der Waals surface area contributed by atoms with Crippen molar-refractivity contribution in [1.29, 1.82) is 0 Å². The SMILES string of the molecule is CC(C)[C@H]1NC(=O)N(OC(=O)N2CCN(c3cccc(C(=O)N4CCCCC4)c3Cl)CC2)C1=O. The average molecular weight is 492 g/mol. The third-order valence-electron chi connectivity index (χ3n) is 6.50. The van der Waals surface area contributed by atoms with E-state index in [0.29, 0.717) is 41.8 Å². The van der Waals surface area contributed by atoms with Gasteiger partial charge < -0.3 is 24.9 Å². The number of nitrogens with one attached hydrogen (secondary N) is 1. The van der Waals surface area contributed by atoms with Crippen molar-refractivity contribution in [3.05, 3.63) is 28.8 Å². The van der Waals surface area contributed by atoms with Crippen LogP contribution < -0.4 is 10.2 Å². The highest BCUT2D eigenvalue weighted by Gasteiger charge is 2.43. The zero-order valence-corrected chi connectivity index (χ0v) is 20.2. The van der Waals surface area contributed by atoms with Gasteiger partial charge >= 0.3 is 12.1 Å². The van der Waals surface area contributed by atoms with Crippen LogP contribution >= 0.6 is 11.6 Å². The zero-order chi connectivity index (χ0) is 24.4. The lowest BCUT2D eigenvalue weighted by atomic mass is 10.1. The molecule has 3 saturated heterocycles. The Morgan fingerprint density at radius 2 is 1.68 bits per heavy atom. The van der Waals surface area contributed by atoms with Crippen LogP contribution in [-0.2, 0) is 9.63 Å². The molecule has 0 spiro atoms. The lowest BCUT2D eigenvalue weighted by Crippen LogP contribution is -2.51. The molecule has 0 aromatic heterocycles. The van der Waals surface area contributed by atoms with E-state index in [-0.39, 0.29) is 11.8 Å². The molecule has 1 atom stereocenters. The lowest BCUT2D eigenvalue weighted by Gasteiger charge is -2.36. The minimum Gasteiger partial charge on any atom is -0.367 e. The van der Waals surface area contributed by atoms with Crippen molar-refractivity contribution >= 4 is 41.2 Å². The van der Waals surface area contributed by atoms with E-state index in [1.807, 2.05) is 21.9 Å². The number of nitrogens with zero attached hydrogens (tertiary/aromatic N) is 4. The van der Waals surface area contributed by atoms with Gasteiger partial charge in [-0.3, -0.25) is 9.59 Å². The Hall–Kier alpha value is -3.01. The Morgan fingerprint density at radius 3 is 2.29 bits per heavy atom. The number of rotatable bonds is 4. The number of amides is 5. The van der Waals surface area contributed by atoms with Crippen molar-refractivity contribution in [3.63, 3.8) is 0 Å². The van der Waals surface area contributed by atoms with Crippen LogP contribution in [0.4, 0.5) is 15.3 Å². The van der Waals surface area contributed by atoms with Gasteiger partial charge in [-0.05, 0) is 37.3 Å². The normalized spacial score (nSPS) is 21.2. The molecule has 1 N–H and O–H groups in total. The molecular weight excluding hydrogens is 462 g/mol. The van der Waals surface area contributed by atoms with Gasteiger partial charge in [-0.2, -0.15) is 0 Å². The number of carbonyl (C=O) groups excluding carboxylic acids is 4. The number of hydrogen-bond acceptors (Lipinski definition) is 6. The average Bonchev–Trinajstić information content (AvgIpc) is 3.13. The number of piperidine rings is 1. The molecule has 3 fully saturated rings. The third-order valence-corrected chi connectivity index (χ3v) is 6.89. The smallest absolute Gasteiger partial charge is 0.367 e. The molecular formula is C23H30ClN5O5. The van der Waals surface area contributed by atoms with Gasteiger partial charge in [-0.25, -0.2) is 9.59 Å². The second-order valence-corrected chi connectivity index (χ2v) is 9.50. The van der Waals surface area contributed by atoms with Crippen LogP contribution in [0.25, 0.3) is 0 Å². The molecule has 0 radical (unpaired) electrons. The molecule has 34 heavy (non-hydrogen) atoms. The van der Waals surface area contributed by atoms with Crippen molar-refractivity contribution in [2.24, 2.45) is 5.92 Å². The van der Waals surface area contributed by atoms with E-state index in [0.717, 1.165) is 38.0 Å². The van der Waals surface area contributed by atoms with E-state index < -0.39 is 24.1 Å². The number of piperazine rings is 1. The molecule has 11 heteroatoms. The molecule has 5 amide bonds. The van der Waals surface area contributed by atoms with Crippen LogP contribution in [0.1, 0.15) is 43.5 Å². The number of urea groups is 1. The summed E-state index contributed by atoms with van der Waals surface area (Å²) in [5.41, 5.74) is 1.23. The van der Waals surface area contributed by atoms with Crippen LogP contribution in [0.2, 0.25) is 5.02 Å². The van der Waals surface area contributed by atoms with Crippen LogP contribution in [-0.4, -0.2) is 84.1 Å². The Kier molecular flexibility index (Phi) is 7.16. The summed E-state index contributed by atoms with van der Waals surface area (Å²) in [6.07, 6.45) is 2.39. The van der Waals surface area contributed by atoms with Crippen LogP contribution in [0.5, 0.6) is 0 Å². The van der Waals surface area contributed by atoms with E-state index in [9.17, 15) is 19.2 Å². The highest BCUT2D eigenvalue weighted by Crippen LogP contribution is 2.31. The highest BCUT2D eigenvalue weighted by atomic mass is 35.5. The zero-order valence-electron chi connectivity index (χ0n) is 19.5. The van der Waals surface area contributed by atoms with E-state index in [2.05, 4.69) is 5.32 Å². The first kappa shape index (κ1) is 24.1. The molecule has 184 valence electrons. The van der Waals surface area contributed by atoms with Crippen molar-refractivity contribution < 1.29 is 24.0 Å². The summed E-state index contributed by atoms with van der Waals surface area (Å²) in [6.45, 7) is 6.65. The predicted octanol–water partition coefficient (Wildman–Crippen LogP) is 2.72. The summed E-state index contributed by atoms with van der Waals surface area (Å²) in [5, 5.41) is 3.44. The number of hydrogen-bond donors (Lipinski definition) is 1. The molecule has 0 unspecified atom stereocenters. The Bertz CT molecular complexity index is 972. The fourth-order valence-electron chi connectivity index (χ4n) is 4.48. The molecule has 1 aromatic rings. The topological polar surface area (TPSA) is 102 Å². The number of anilines is 1. The fraction of sp³-hybridized carbons (Fsp3) is 0.565. The maximum Gasteiger partial charge on any atom is 0.434 e. The number of hydroxylamine groups is 2. The van der Waals surface area contributed by atoms with E-state index >= 15 is 0 Å².